The number of rotatable bonds is 7. The minimum Gasteiger partial charge on any atom is -0.394 e. The van der Waals surface area contributed by atoms with Crippen LogP contribution in [0.3, 0.4) is 0 Å². The van der Waals surface area contributed by atoms with Crippen molar-refractivity contribution in [3.05, 3.63) is 0 Å². The fourth-order valence-corrected chi connectivity index (χ4v) is 3.68. The second kappa shape index (κ2) is 7.61. The third kappa shape index (κ3) is 5.05. The Morgan fingerprint density at radius 2 is 2.00 bits per heavy atom. The van der Waals surface area contributed by atoms with Crippen LogP contribution in [0.5, 0.6) is 0 Å². The van der Waals surface area contributed by atoms with Gasteiger partial charge in [0.1, 0.15) is 0 Å². The highest BCUT2D eigenvalue weighted by Crippen LogP contribution is 2.25. The highest BCUT2D eigenvalue weighted by molar-refractivity contribution is 4.90. The van der Waals surface area contributed by atoms with E-state index in [-0.39, 0.29) is 12.1 Å². The predicted octanol–water partition coefficient (Wildman–Crippen LogP) is 2.78. The Morgan fingerprint density at radius 3 is 2.53 bits per heavy atom. The van der Waals surface area contributed by atoms with E-state index in [9.17, 15) is 5.11 Å². The molecular weight excluding hydrogens is 236 g/mol. The van der Waals surface area contributed by atoms with Gasteiger partial charge in [-0.2, -0.15) is 0 Å². The van der Waals surface area contributed by atoms with Gasteiger partial charge in [-0.25, -0.2) is 0 Å². The van der Waals surface area contributed by atoms with E-state index in [0.717, 1.165) is 12.5 Å². The number of aliphatic hydroxyl groups is 1. The lowest BCUT2D eigenvalue weighted by molar-refractivity contribution is 0.0612. The molecule has 3 nitrogen and oxygen atoms in total. The van der Waals surface area contributed by atoms with Crippen molar-refractivity contribution in [2.45, 2.75) is 90.4 Å². The molecule has 3 unspecified atom stereocenters. The van der Waals surface area contributed by atoms with E-state index in [4.69, 9.17) is 0 Å². The maximum Gasteiger partial charge on any atom is 0.0611 e. The van der Waals surface area contributed by atoms with Crippen LogP contribution in [-0.2, 0) is 0 Å². The van der Waals surface area contributed by atoms with Gasteiger partial charge < -0.3 is 10.4 Å². The van der Waals surface area contributed by atoms with Gasteiger partial charge in [-0.1, -0.05) is 27.2 Å². The molecule has 0 radical (unpaired) electrons. The molecule has 19 heavy (non-hydrogen) atoms. The van der Waals surface area contributed by atoms with E-state index < -0.39 is 0 Å². The van der Waals surface area contributed by atoms with Gasteiger partial charge in [-0.05, 0) is 46.1 Å². The quantitative estimate of drug-likeness (QED) is 0.747. The number of likely N-dealkylation sites (tertiary alicyclic amines) is 1. The summed E-state index contributed by atoms with van der Waals surface area (Å²) in [6, 6.07) is 1.69. The molecular formula is C16H34N2O. The zero-order valence-corrected chi connectivity index (χ0v) is 13.6. The second-order valence-electron chi connectivity index (χ2n) is 6.87. The van der Waals surface area contributed by atoms with Gasteiger partial charge in [0.2, 0.25) is 0 Å². The van der Waals surface area contributed by atoms with E-state index >= 15 is 0 Å². The SMILES string of the molecule is CCC1CCCCN1C(C)CC(C)(CO)NC(C)C. The third-order valence-electron chi connectivity index (χ3n) is 4.44. The summed E-state index contributed by atoms with van der Waals surface area (Å²) in [5, 5.41) is 13.3. The van der Waals surface area contributed by atoms with Gasteiger partial charge in [0.05, 0.1) is 6.61 Å². The molecule has 0 saturated carbocycles. The molecule has 0 bridgehead atoms. The van der Waals surface area contributed by atoms with E-state index in [1.165, 1.54) is 32.2 Å². The molecule has 3 heteroatoms. The van der Waals surface area contributed by atoms with Crippen LogP contribution in [0.1, 0.15) is 66.7 Å². The van der Waals surface area contributed by atoms with Crippen LogP contribution in [-0.4, -0.2) is 46.8 Å². The topological polar surface area (TPSA) is 35.5 Å². The maximum atomic E-state index is 9.72. The van der Waals surface area contributed by atoms with Gasteiger partial charge in [0.25, 0.3) is 0 Å². The van der Waals surface area contributed by atoms with Crippen LogP contribution in [0.25, 0.3) is 0 Å². The average molecular weight is 270 g/mol. The summed E-state index contributed by atoms with van der Waals surface area (Å²) in [5.74, 6) is 0. The number of nitrogens with zero attached hydrogens (tertiary/aromatic N) is 1. The molecule has 0 amide bonds. The van der Waals surface area contributed by atoms with Crippen molar-refractivity contribution in [1.29, 1.82) is 0 Å². The predicted molar refractivity (Wildman–Crippen MR) is 82.5 cm³/mol. The highest BCUT2D eigenvalue weighted by atomic mass is 16.3. The zero-order valence-electron chi connectivity index (χ0n) is 13.6. The van der Waals surface area contributed by atoms with E-state index in [0.29, 0.717) is 12.1 Å². The average Bonchev–Trinajstić information content (AvgIpc) is 2.37. The van der Waals surface area contributed by atoms with Crippen molar-refractivity contribution >= 4 is 0 Å². The molecule has 1 saturated heterocycles. The van der Waals surface area contributed by atoms with Gasteiger partial charge in [-0.3, -0.25) is 4.90 Å². The van der Waals surface area contributed by atoms with Gasteiger partial charge >= 0.3 is 0 Å². The summed E-state index contributed by atoms with van der Waals surface area (Å²) in [6.07, 6.45) is 6.31. The number of nitrogens with one attached hydrogen (secondary N) is 1. The number of hydrogen-bond donors (Lipinski definition) is 2. The molecule has 0 aliphatic carbocycles. The molecule has 114 valence electrons. The molecule has 2 N–H and O–H groups in total. The molecule has 0 aromatic heterocycles. The molecule has 0 aromatic carbocycles. The minimum atomic E-state index is -0.163. The molecule has 1 fully saturated rings. The highest BCUT2D eigenvalue weighted by Gasteiger charge is 2.32. The molecule has 1 rings (SSSR count). The van der Waals surface area contributed by atoms with E-state index in [2.05, 4.69) is 44.8 Å². The molecule has 0 aromatic rings. The Labute approximate surface area is 119 Å². The normalized spacial score (nSPS) is 26.4. The Kier molecular flexibility index (Phi) is 6.78. The Balaban J connectivity index is 2.62. The van der Waals surface area contributed by atoms with Crippen molar-refractivity contribution < 1.29 is 5.11 Å². The standard InChI is InChI=1S/C16H34N2O/c1-6-15-9-7-8-10-18(15)14(4)11-16(5,12-19)17-13(2)3/h13-15,17,19H,6-12H2,1-5H3. The molecule has 1 aliphatic rings. The summed E-state index contributed by atoms with van der Waals surface area (Å²) in [7, 11) is 0. The van der Waals surface area contributed by atoms with Crippen molar-refractivity contribution in [1.82, 2.24) is 10.2 Å². The van der Waals surface area contributed by atoms with Crippen molar-refractivity contribution in [3.8, 4) is 0 Å². The lowest BCUT2D eigenvalue weighted by Crippen LogP contribution is -2.54. The Hall–Kier alpha value is -0.120. The van der Waals surface area contributed by atoms with Crippen LogP contribution in [0.4, 0.5) is 0 Å². The number of piperidine rings is 1. The smallest absolute Gasteiger partial charge is 0.0611 e. The van der Waals surface area contributed by atoms with Gasteiger partial charge in [0.15, 0.2) is 0 Å². The maximum absolute atomic E-state index is 9.72. The zero-order chi connectivity index (χ0) is 14.5. The van der Waals surface area contributed by atoms with Crippen molar-refractivity contribution in [2.75, 3.05) is 13.2 Å². The third-order valence-corrected chi connectivity index (χ3v) is 4.44. The fourth-order valence-electron chi connectivity index (χ4n) is 3.68. The Morgan fingerprint density at radius 1 is 1.32 bits per heavy atom. The summed E-state index contributed by atoms with van der Waals surface area (Å²) < 4.78 is 0. The number of aliphatic hydroxyl groups excluding tert-OH is 1. The van der Waals surface area contributed by atoms with Gasteiger partial charge in [0, 0.05) is 23.7 Å². The first-order chi connectivity index (χ1) is 8.91. The first-order valence-corrected chi connectivity index (χ1v) is 8.06. The minimum absolute atomic E-state index is 0.163. The number of hydrogen-bond acceptors (Lipinski definition) is 3. The monoisotopic (exact) mass is 270 g/mol. The van der Waals surface area contributed by atoms with E-state index in [1.54, 1.807) is 0 Å². The Bertz CT molecular complexity index is 257. The summed E-state index contributed by atoms with van der Waals surface area (Å²) >= 11 is 0. The summed E-state index contributed by atoms with van der Waals surface area (Å²) in [6.45, 7) is 12.5. The molecule has 0 spiro atoms. The second-order valence-corrected chi connectivity index (χ2v) is 6.87. The largest absolute Gasteiger partial charge is 0.394 e. The van der Waals surface area contributed by atoms with Crippen LogP contribution >= 0.6 is 0 Å². The molecule has 1 aliphatic heterocycles. The van der Waals surface area contributed by atoms with Crippen molar-refractivity contribution in [3.63, 3.8) is 0 Å². The van der Waals surface area contributed by atoms with Crippen LogP contribution < -0.4 is 5.32 Å². The van der Waals surface area contributed by atoms with Crippen LogP contribution in [0, 0.1) is 0 Å². The first kappa shape index (κ1) is 16.9. The summed E-state index contributed by atoms with van der Waals surface area (Å²) in [5.41, 5.74) is -0.163. The molecule has 1 heterocycles. The van der Waals surface area contributed by atoms with Crippen LogP contribution in [0.15, 0.2) is 0 Å². The lowest BCUT2D eigenvalue weighted by atomic mass is 9.90. The van der Waals surface area contributed by atoms with E-state index in [1.807, 2.05) is 0 Å². The molecule has 3 atom stereocenters. The summed E-state index contributed by atoms with van der Waals surface area (Å²) in [4.78, 5) is 2.67. The van der Waals surface area contributed by atoms with Crippen molar-refractivity contribution in [2.24, 2.45) is 0 Å². The first-order valence-electron chi connectivity index (χ1n) is 8.06. The van der Waals surface area contributed by atoms with Crippen LogP contribution in [0.2, 0.25) is 0 Å². The lowest BCUT2D eigenvalue weighted by Gasteiger charge is -2.43. The van der Waals surface area contributed by atoms with Gasteiger partial charge in [-0.15, -0.1) is 0 Å². The fraction of sp³-hybridized carbons (Fsp3) is 1.00.